The highest BCUT2D eigenvalue weighted by Crippen LogP contribution is 2.29. The Hall–Kier alpha value is -3.34. The van der Waals surface area contributed by atoms with Crippen LogP contribution in [0.1, 0.15) is 12.8 Å². The molecule has 0 aliphatic heterocycles. The molecule has 0 amide bonds. The molecule has 1 saturated carbocycles. The zero-order valence-corrected chi connectivity index (χ0v) is 14.2. The minimum atomic E-state index is 0.545. The van der Waals surface area contributed by atoms with Gasteiger partial charge in [0, 0.05) is 24.0 Å². The summed E-state index contributed by atoms with van der Waals surface area (Å²) in [4.78, 5) is 9.01. The van der Waals surface area contributed by atoms with Crippen molar-refractivity contribution in [1.29, 1.82) is 0 Å². The lowest BCUT2D eigenvalue weighted by atomic mass is 10.1. The first-order valence-corrected chi connectivity index (χ1v) is 8.79. The van der Waals surface area contributed by atoms with Crippen molar-refractivity contribution in [3.63, 3.8) is 0 Å². The van der Waals surface area contributed by atoms with E-state index in [4.69, 9.17) is 4.74 Å². The van der Waals surface area contributed by atoms with E-state index < -0.39 is 0 Å². The summed E-state index contributed by atoms with van der Waals surface area (Å²) in [5, 5.41) is 3.45. The Balaban J connectivity index is 1.44. The smallest absolute Gasteiger partial charge is 0.180 e. The lowest BCUT2D eigenvalue weighted by Crippen LogP contribution is -2.05. The van der Waals surface area contributed by atoms with E-state index in [1.807, 2.05) is 61.1 Å². The van der Waals surface area contributed by atoms with Gasteiger partial charge in [0.15, 0.2) is 11.5 Å². The van der Waals surface area contributed by atoms with E-state index in [1.165, 1.54) is 12.8 Å². The Kier molecular flexibility index (Phi) is 3.56. The Labute approximate surface area is 151 Å². The van der Waals surface area contributed by atoms with Crippen molar-refractivity contribution in [3.05, 3.63) is 73.2 Å². The predicted molar refractivity (Wildman–Crippen MR) is 102 cm³/mol. The zero-order valence-electron chi connectivity index (χ0n) is 14.2. The first kappa shape index (κ1) is 15.0. The van der Waals surface area contributed by atoms with Gasteiger partial charge in [0.2, 0.25) is 0 Å². The zero-order chi connectivity index (χ0) is 17.3. The van der Waals surface area contributed by atoms with Gasteiger partial charge in [-0.05, 0) is 49.2 Å². The van der Waals surface area contributed by atoms with Crippen LogP contribution in [0.5, 0.6) is 11.5 Å². The van der Waals surface area contributed by atoms with Gasteiger partial charge < -0.3 is 10.1 Å². The van der Waals surface area contributed by atoms with Gasteiger partial charge in [-0.1, -0.05) is 18.2 Å². The second kappa shape index (κ2) is 6.19. The number of fused-ring (bicyclic) bond motifs is 1. The summed E-state index contributed by atoms with van der Waals surface area (Å²) >= 11 is 0. The standard InChI is InChI=1S/C21H18N4O/c1-2-4-17(5-3-1)26-18-10-6-15(7-11-18)19-14-23-21-20(24-16-8-9-16)22-12-13-25(19)21/h1-7,10-14,16H,8-9H2,(H,22,24). The van der Waals surface area contributed by atoms with Crippen LogP contribution < -0.4 is 10.1 Å². The minimum absolute atomic E-state index is 0.545. The van der Waals surface area contributed by atoms with Gasteiger partial charge in [0.05, 0.1) is 11.9 Å². The van der Waals surface area contributed by atoms with Gasteiger partial charge in [-0.3, -0.25) is 4.40 Å². The van der Waals surface area contributed by atoms with E-state index in [0.717, 1.165) is 34.2 Å². The summed E-state index contributed by atoms with van der Waals surface area (Å²) in [5.41, 5.74) is 2.98. The topological polar surface area (TPSA) is 51.5 Å². The number of benzene rings is 2. The second-order valence-corrected chi connectivity index (χ2v) is 6.47. The third-order valence-electron chi connectivity index (χ3n) is 4.48. The molecule has 0 radical (unpaired) electrons. The molecule has 2 aromatic heterocycles. The molecule has 26 heavy (non-hydrogen) atoms. The molecular weight excluding hydrogens is 324 g/mol. The molecule has 5 rings (SSSR count). The summed E-state index contributed by atoms with van der Waals surface area (Å²) in [7, 11) is 0. The Morgan fingerprint density at radius 2 is 1.69 bits per heavy atom. The van der Waals surface area contributed by atoms with Crippen LogP contribution in [0.2, 0.25) is 0 Å². The fraction of sp³-hybridized carbons (Fsp3) is 0.143. The molecule has 128 valence electrons. The lowest BCUT2D eigenvalue weighted by Gasteiger charge is -2.08. The Bertz CT molecular complexity index is 1040. The number of hydrogen-bond acceptors (Lipinski definition) is 4. The molecule has 1 fully saturated rings. The largest absolute Gasteiger partial charge is 0.457 e. The van der Waals surface area contributed by atoms with Gasteiger partial charge in [-0.25, -0.2) is 9.97 Å². The number of nitrogens with one attached hydrogen (secondary N) is 1. The Morgan fingerprint density at radius 1 is 0.923 bits per heavy atom. The van der Waals surface area contributed by atoms with Crippen molar-refractivity contribution in [2.45, 2.75) is 18.9 Å². The molecular formula is C21H18N4O. The molecule has 2 aromatic carbocycles. The van der Waals surface area contributed by atoms with Crippen LogP contribution in [0.3, 0.4) is 0 Å². The number of ether oxygens (including phenoxy) is 1. The third-order valence-corrected chi connectivity index (χ3v) is 4.48. The number of imidazole rings is 1. The molecule has 0 atom stereocenters. The summed E-state index contributed by atoms with van der Waals surface area (Å²) in [6.45, 7) is 0. The predicted octanol–water partition coefficient (Wildman–Crippen LogP) is 4.76. The van der Waals surface area contributed by atoms with E-state index in [2.05, 4.69) is 31.8 Å². The lowest BCUT2D eigenvalue weighted by molar-refractivity contribution is 0.483. The molecule has 0 spiro atoms. The van der Waals surface area contributed by atoms with Crippen molar-refractivity contribution in [2.24, 2.45) is 0 Å². The molecule has 5 nitrogen and oxygen atoms in total. The van der Waals surface area contributed by atoms with Crippen LogP contribution >= 0.6 is 0 Å². The van der Waals surface area contributed by atoms with Crippen LogP contribution in [0.15, 0.2) is 73.2 Å². The summed E-state index contributed by atoms with van der Waals surface area (Å²) in [6, 6.07) is 18.4. The number of aromatic nitrogens is 3. The molecule has 0 bridgehead atoms. The quantitative estimate of drug-likeness (QED) is 0.568. The SMILES string of the molecule is c1ccc(Oc2ccc(-c3cnc4c(NC5CC5)nccn34)cc2)cc1. The molecule has 1 aliphatic rings. The van der Waals surface area contributed by atoms with E-state index >= 15 is 0 Å². The minimum Gasteiger partial charge on any atom is -0.457 e. The van der Waals surface area contributed by atoms with E-state index in [9.17, 15) is 0 Å². The first-order valence-electron chi connectivity index (χ1n) is 8.79. The average Bonchev–Trinajstić information content (AvgIpc) is 3.39. The maximum atomic E-state index is 5.87. The summed E-state index contributed by atoms with van der Waals surface area (Å²) in [5.74, 6) is 2.49. The van der Waals surface area contributed by atoms with Crippen molar-refractivity contribution < 1.29 is 4.74 Å². The number of hydrogen-bond donors (Lipinski definition) is 1. The van der Waals surface area contributed by atoms with E-state index in [-0.39, 0.29) is 0 Å². The monoisotopic (exact) mass is 342 g/mol. The number of para-hydroxylation sites is 1. The molecule has 1 aliphatic carbocycles. The van der Waals surface area contributed by atoms with Crippen molar-refractivity contribution in [1.82, 2.24) is 14.4 Å². The van der Waals surface area contributed by atoms with Crippen molar-refractivity contribution in [3.8, 4) is 22.8 Å². The van der Waals surface area contributed by atoms with Crippen molar-refractivity contribution >= 4 is 11.5 Å². The molecule has 0 unspecified atom stereocenters. The van der Waals surface area contributed by atoms with E-state index in [1.54, 1.807) is 0 Å². The number of rotatable bonds is 5. The van der Waals surface area contributed by atoms with E-state index in [0.29, 0.717) is 6.04 Å². The van der Waals surface area contributed by atoms with Crippen molar-refractivity contribution in [2.75, 3.05) is 5.32 Å². The van der Waals surface area contributed by atoms with Gasteiger partial charge in [0.1, 0.15) is 11.5 Å². The van der Waals surface area contributed by atoms with Gasteiger partial charge >= 0.3 is 0 Å². The Morgan fingerprint density at radius 3 is 2.46 bits per heavy atom. The molecule has 0 saturated heterocycles. The summed E-state index contributed by atoms with van der Waals surface area (Å²) in [6.07, 6.45) is 8.07. The fourth-order valence-electron chi connectivity index (χ4n) is 2.97. The highest BCUT2D eigenvalue weighted by molar-refractivity contribution is 5.71. The molecule has 1 N–H and O–H groups in total. The van der Waals surface area contributed by atoms with Crippen LogP contribution in [-0.2, 0) is 0 Å². The third kappa shape index (κ3) is 2.88. The maximum absolute atomic E-state index is 5.87. The molecule has 2 heterocycles. The van der Waals surface area contributed by atoms with Gasteiger partial charge in [-0.15, -0.1) is 0 Å². The average molecular weight is 342 g/mol. The highest BCUT2D eigenvalue weighted by atomic mass is 16.5. The fourth-order valence-corrected chi connectivity index (χ4v) is 2.97. The first-order chi connectivity index (χ1) is 12.9. The highest BCUT2D eigenvalue weighted by Gasteiger charge is 2.23. The number of nitrogens with zero attached hydrogens (tertiary/aromatic N) is 3. The molecule has 4 aromatic rings. The normalized spacial score (nSPS) is 13.7. The van der Waals surface area contributed by atoms with Crippen LogP contribution in [-0.4, -0.2) is 20.4 Å². The molecule has 5 heteroatoms. The summed E-state index contributed by atoms with van der Waals surface area (Å²) < 4.78 is 7.94. The van der Waals surface area contributed by atoms with Gasteiger partial charge in [0.25, 0.3) is 0 Å². The van der Waals surface area contributed by atoms with Gasteiger partial charge in [-0.2, -0.15) is 0 Å². The number of anilines is 1. The maximum Gasteiger partial charge on any atom is 0.180 e. The second-order valence-electron chi connectivity index (χ2n) is 6.47. The van der Waals surface area contributed by atoms with Crippen LogP contribution in [0, 0.1) is 0 Å². The van der Waals surface area contributed by atoms with Crippen LogP contribution in [0.25, 0.3) is 16.9 Å². The van der Waals surface area contributed by atoms with Crippen LogP contribution in [0.4, 0.5) is 5.82 Å².